The number of hydrogen-bond acceptors (Lipinski definition) is 3. The Kier molecular flexibility index (Phi) is 3.77. The molecule has 16 heavy (non-hydrogen) atoms. The van der Waals surface area contributed by atoms with E-state index in [2.05, 4.69) is 16.0 Å². The van der Waals surface area contributed by atoms with E-state index >= 15 is 0 Å². The fourth-order valence-electron chi connectivity index (χ4n) is 2.34. The number of amides is 2. The van der Waals surface area contributed by atoms with Gasteiger partial charge in [-0.2, -0.15) is 0 Å². The molecule has 0 radical (unpaired) electrons. The fraction of sp³-hybridized carbons (Fsp3) is 0.818. The predicted octanol–water partition coefficient (Wildman–Crippen LogP) is -0.619. The molecule has 2 aliphatic heterocycles. The van der Waals surface area contributed by atoms with Gasteiger partial charge in [0.25, 0.3) is 0 Å². The number of rotatable bonds is 3. The minimum atomic E-state index is 0.00159. The highest BCUT2D eigenvalue weighted by Crippen LogP contribution is 2.15. The normalized spacial score (nSPS) is 26.5. The van der Waals surface area contributed by atoms with Gasteiger partial charge in [-0.05, 0) is 31.8 Å². The molecule has 5 heteroatoms. The standard InChI is InChI=1S/C11H19N3O2/c15-10-6-9(7-13-10)14-11(16)5-8-1-3-12-4-2-8/h8-9,12H,1-7H2,(H,13,15)(H,14,16). The zero-order chi connectivity index (χ0) is 11.4. The lowest BCUT2D eigenvalue weighted by molar-refractivity contribution is -0.122. The Morgan fingerprint density at radius 3 is 2.75 bits per heavy atom. The molecule has 0 aromatic carbocycles. The zero-order valence-electron chi connectivity index (χ0n) is 9.42. The molecule has 2 fully saturated rings. The molecule has 2 amide bonds. The molecule has 5 nitrogen and oxygen atoms in total. The first-order valence-electron chi connectivity index (χ1n) is 6.01. The lowest BCUT2D eigenvalue weighted by atomic mass is 9.94. The van der Waals surface area contributed by atoms with Crippen LogP contribution in [-0.4, -0.2) is 37.5 Å². The lowest BCUT2D eigenvalue weighted by Gasteiger charge is -2.22. The monoisotopic (exact) mass is 225 g/mol. The van der Waals surface area contributed by atoms with Gasteiger partial charge in [0.1, 0.15) is 0 Å². The van der Waals surface area contributed by atoms with Crippen LogP contribution in [0.15, 0.2) is 0 Å². The van der Waals surface area contributed by atoms with Crippen LogP contribution in [0.25, 0.3) is 0 Å². The molecule has 0 aromatic rings. The molecule has 0 aromatic heterocycles. The van der Waals surface area contributed by atoms with Crippen LogP contribution in [-0.2, 0) is 9.59 Å². The van der Waals surface area contributed by atoms with Crippen LogP contribution in [0.2, 0.25) is 0 Å². The van der Waals surface area contributed by atoms with E-state index in [-0.39, 0.29) is 17.9 Å². The number of hydrogen-bond donors (Lipinski definition) is 3. The van der Waals surface area contributed by atoms with E-state index in [0.29, 0.717) is 25.3 Å². The zero-order valence-corrected chi connectivity index (χ0v) is 9.42. The molecular weight excluding hydrogens is 206 g/mol. The van der Waals surface area contributed by atoms with Crippen molar-refractivity contribution in [2.24, 2.45) is 5.92 Å². The summed E-state index contributed by atoms with van der Waals surface area (Å²) in [6.07, 6.45) is 3.19. The molecule has 0 spiro atoms. The van der Waals surface area contributed by atoms with Crippen molar-refractivity contribution in [3.05, 3.63) is 0 Å². The SMILES string of the molecule is O=C1CC(NC(=O)CC2CCNCC2)CN1. The summed E-state index contributed by atoms with van der Waals surface area (Å²) < 4.78 is 0. The molecule has 1 atom stereocenters. The van der Waals surface area contributed by atoms with Crippen molar-refractivity contribution in [2.45, 2.75) is 31.7 Å². The predicted molar refractivity (Wildman–Crippen MR) is 59.8 cm³/mol. The summed E-state index contributed by atoms with van der Waals surface area (Å²) in [7, 11) is 0. The number of piperidine rings is 1. The average Bonchev–Trinajstić information content (AvgIpc) is 2.65. The maximum atomic E-state index is 11.7. The highest BCUT2D eigenvalue weighted by atomic mass is 16.2. The summed E-state index contributed by atoms with van der Waals surface area (Å²) in [6.45, 7) is 2.61. The Bertz CT molecular complexity index is 274. The Morgan fingerprint density at radius 2 is 2.12 bits per heavy atom. The van der Waals surface area contributed by atoms with Crippen LogP contribution >= 0.6 is 0 Å². The molecule has 2 aliphatic rings. The Balaban J connectivity index is 1.69. The van der Waals surface area contributed by atoms with Gasteiger partial charge >= 0.3 is 0 Å². The van der Waals surface area contributed by atoms with E-state index in [1.807, 2.05) is 0 Å². The van der Waals surface area contributed by atoms with Crippen LogP contribution in [0.4, 0.5) is 0 Å². The van der Waals surface area contributed by atoms with E-state index in [4.69, 9.17) is 0 Å². The van der Waals surface area contributed by atoms with Gasteiger partial charge in [-0.3, -0.25) is 9.59 Å². The van der Waals surface area contributed by atoms with Crippen molar-refractivity contribution in [2.75, 3.05) is 19.6 Å². The summed E-state index contributed by atoms with van der Waals surface area (Å²) >= 11 is 0. The maximum Gasteiger partial charge on any atom is 0.222 e. The molecule has 3 N–H and O–H groups in total. The summed E-state index contributed by atoms with van der Waals surface area (Å²) in [5.41, 5.74) is 0. The van der Waals surface area contributed by atoms with Gasteiger partial charge < -0.3 is 16.0 Å². The molecule has 2 saturated heterocycles. The van der Waals surface area contributed by atoms with Crippen molar-refractivity contribution in [3.63, 3.8) is 0 Å². The molecular formula is C11H19N3O2. The van der Waals surface area contributed by atoms with Gasteiger partial charge in [-0.25, -0.2) is 0 Å². The lowest BCUT2D eigenvalue weighted by Crippen LogP contribution is -2.38. The molecule has 1 unspecified atom stereocenters. The maximum absolute atomic E-state index is 11.7. The second kappa shape index (κ2) is 5.30. The van der Waals surface area contributed by atoms with Gasteiger partial charge in [0.2, 0.25) is 11.8 Å². The first-order valence-corrected chi connectivity index (χ1v) is 6.01. The third kappa shape index (κ3) is 3.20. The van der Waals surface area contributed by atoms with Crippen molar-refractivity contribution in [1.29, 1.82) is 0 Å². The second-order valence-corrected chi connectivity index (χ2v) is 4.67. The van der Waals surface area contributed by atoms with Crippen LogP contribution in [0.3, 0.4) is 0 Å². The summed E-state index contributed by atoms with van der Waals surface area (Å²) in [4.78, 5) is 22.7. The summed E-state index contributed by atoms with van der Waals surface area (Å²) in [5.74, 6) is 0.631. The molecule has 90 valence electrons. The number of carbonyl (C=O) groups excluding carboxylic acids is 2. The van der Waals surface area contributed by atoms with Gasteiger partial charge in [0.15, 0.2) is 0 Å². The molecule has 2 heterocycles. The summed E-state index contributed by atoms with van der Waals surface area (Å²) in [5, 5.41) is 8.91. The highest BCUT2D eigenvalue weighted by Gasteiger charge is 2.24. The molecule has 0 saturated carbocycles. The van der Waals surface area contributed by atoms with Crippen LogP contribution in [0, 0.1) is 5.92 Å². The minimum Gasteiger partial charge on any atom is -0.354 e. The van der Waals surface area contributed by atoms with E-state index in [9.17, 15) is 9.59 Å². The number of carbonyl (C=O) groups is 2. The topological polar surface area (TPSA) is 70.2 Å². The van der Waals surface area contributed by atoms with Gasteiger partial charge in [-0.15, -0.1) is 0 Å². The van der Waals surface area contributed by atoms with E-state index in [1.54, 1.807) is 0 Å². The minimum absolute atomic E-state index is 0.00159. The third-order valence-electron chi connectivity index (χ3n) is 3.28. The first-order chi connectivity index (χ1) is 7.74. The second-order valence-electron chi connectivity index (χ2n) is 4.67. The van der Waals surface area contributed by atoms with Gasteiger partial charge in [0.05, 0.1) is 6.04 Å². The smallest absolute Gasteiger partial charge is 0.222 e. The Hall–Kier alpha value is -1.10. The fourth-order valence-corrected chi connectivity index (χ4v) is 2.34. The van der Waals surface area contributed by atoms with Crippen molar-refractivity contribution in [3.8, 4) is 0 Å². The highest BCUT2D eigenvalue weighted by molar-refractivity contribution is 5.82. The van der Waals surface area contributed by atoms with Crippen LogP contribution in [0.5, 0.6) is 0 Å². The largest absolute Gasteiger partial charge is 0.354 e. The van der Waals surface area contributed by atoms with E-state index < -0.39 is 0 Å². The van der Waals surface area contributed by atoms with E-state index in [1.165, 1.54) is 0 Å². The van der Waals surface area contributed by atoms with Gasteiger partial charge in [0, 0.05) is 19.4 Å². The quantitative estimate of drug-likeness (QED) is 0.599. The Labute approximate surface area is 95.3 Å². The van der Waals surface area contributed by atoms with Crippen molar-refractivity contribution >= 4 is 11.8 Å². The van der Waals surface area contributed by atoms with Crippen molar-refractivity contribution in [1.82, 2.24) is 16.0 Å². The summed E-state index contributed by atoms with van der Waals surface area (Å²) in [6, 6.07) is 0.00159. The number of nitrogens with one attached hydrogen (secondary N) is 3. The van der Waals surface area contributed by atoms with Crippen LogP contribution in [0.1, 0.15) is 25.7 Å². The molecule has 2 rings (SSSR count). The Morgan fingerprint density at radius 1 is 1.38 bits per heavy atom. The van der Waals surface area contributed by atoms with Crippen molar-refractivity contribution < 1.29 is 9.59 Å². The average molecular weight is 225 g/mol. The van der Waals surface area contributed by atoms with Gasteiger partial charge in [-0.1, -0.05) is 0 Å². The first kappa shape index (κ1) is 11.4. The van der Waals surface area contributed by atoms with E-state index in [0.717, 1.165) is 25.9 Å². The molecule has 0 aliphatic carbocycles. The van der Waals surface area contributed by atoms with Crippen LogP contribution < -0.4 is 16.0 Å². The molecule has 0 bridgehead atoms. The third-order valence-corrected chi connectivity index (χ3v) is 3.28.